The van der Waals surface area contributed by atoms with Gasteiger partial charge in [0.15, 0.2) is 0 Å². The molecule has 0 saturated carbocycles. The quantitative estimate of drug-likeness (QED) is 0.573. The molecule has 1 amide bonds. The summed E-state index contributed by atoms with van der Waals surface area (Å²) >= 11 is 0. The lowest BCUT2D eigenvalue weighted by Gasteiger charge is -2.26. The second-order valence-corrected chi connectivity index (χ2v) is 9.06. The number of nitrogens with one attached hydrogen (secondary N) is 2. The Hall–Kier alpha value is -1.88. The Morgan fingerprint density at radius 3 is 2.55 bits per heavy atom. The van der Waals surface area contributed by atoms with Crippen LogP contribution in [0, 0.1) is 0 Å². The average molecular weight is 430 g/mol. The molecular weight excluding hydrogens is 398 g/mol. The van der Waals surface area contributed by atoms with Gasteiger partial charge in [0.2, 0.25) is 15.9 Å². The first-order valence-corrected chi connectivity index (χ1v) is 11.1. The Balaban J connectivity index is 2.19. The predicted molar refractivity (Wildman–Crippen MR) is 110 cm³/mol. The zero-order chi connectivity index (χ0) is 21.4. The second-order valence-electron chi connectivity index (χ2n) is 7.12. The minimum atomic E-state index is -3.65. The minimum absolute atomic E-state index is 0.0242. The number of methoxy groups -OCH3 is 1. The summed E-state index contributed by atoms with van der Waals surface area (Å²) in [6.07, 6.45) is -0.104. The highest BCUT2D eigenvalue weighted by Crippen LogP contribution is 2.30. The van der Waals surface area contributed by atoms with Crippen LogP contribution < -0.4 is 15.4 Å². The molecule has 0 radical (unpaired) electrons. The van der Waals surface area contributed by atoms with E-state index in [0.29, 0.717) is 44.3 Å². The molecule has 1 aliphatic rings. The Morgan fingerprint density at radius 2 is 1.93 bits per heavy atom. The molecule has 1 heterocycles. The minimum Gasteiger partial charge on any atom is -0.489 e. The van der Waals surface area contributed by atoms with E-state index >= 15 is 0 Å². The number of nitrogens with zero attached hydrogens (tertiary/aromatic N) is 1. The van der Waals surface area contributed by atoms with Gasteiger partial charge in [0, 0.05) is 26.2 Å². The summed E-state index contributed by atoms with van der Waals surface area (Å²) in [5.41, 5.74) is 0.447. The zero-order valence-electron chi connectivity index (χ0n) is 17.4. The van der Waals surface area contributed by atoms with Crippen molar-refractivity contribution in [2.24, 2.45) is 0 Å². The number of rotatable bonds is 10. The number of sulfonamides is 1. The summed E-state index contributed by atoms with van der Waals surface area (Å²) in [6, 6.07) is 4.51. The van der Waals surface area contributed by atoms with E-state index in [1.165, 1.54) is 16.4 Å². The molecule has 0 bridgehead atoms. The van der Waals surface area contributed by atoms with Crippen molar-refractivity contribution in [2.45, 2.75) is 37.8 Å². The maximum absolute atomic E-state index is 12.9. The number of benzene rings is 1. The first kappa shape index (κ1) is 23.4. The predicted octanol–water partition coefficient (Wildman–Crippen LogP) is 1.06. The molecule has 1 unspecified atom stereocenters. The van der Waals surface area contributed by atoms with Gasteiger partial charge in [0.25, 0.3) is 0 Å². The molecule has 1 aliphatic heterocycles. The second kappa shape index (κ2) is 10.8. The van der Waals surface area contributed by atoms with E-state index in [1.54, 1.807) is 13.2 Å². The van der Waals surface area contributed by atoms with Crippen LogP contribution in [0.2, 0.25) is 0 Å². The molecule has 9 nitrogen and oxygen atoms in total. The topological polar surface area (TPSA) is 106 Å². The molecule has 0 spiro atoms. The molecule has 164 valence electrons. The number of ether oxygens (including phenoxy) is 3. The Morgan fingerprint density at radius 1 is 1.24 bits per heavy atom. The van der Waals surface area contributed by atoms with Crippen LogP contribution in [-0.4, -0.2) is 77.3 Å². The Kier molecular flexibility index (Phi) is 8.69. The van der Waals surface area contributed by atoms with Crippen molar-refractivity contribution in [3.63, 3.8) is 0 Å². The van der Waals surface area contributed by atoms with Gasteiger partial charge in [-0.05, 0) is 39.0 Å². The summed E-state index contributed by atoms with van der Waals surface area (Å²) in [4.78, 5) is 12.3. The van der Waals surface area contributed by atoms with Crippen LogP contribution >= 0.6 is 0 Å². The highest BCUT2D eigenvalue weighted by Gasteiger charge is 2.27. The van der Waals surface area contributed by atoms with E-state index < -0.39 is 10.0 Å². The van der Waals surface area contributed by atoms with Gasteiger partial charge in [0.1, 0.15) is 5.75 Å². The summed E-state index contributed by atoms with van der Waals surface area (Å²) in [6.45, 7) is 7.35. The van der Waals surface area contributed by atoms with Crippen LogP contribution in [0.5, 0.6) is 5.75 Å². The Labute approximate surface area is 172 Å². The molecule has 29 heavy (non-hydrogen) atoms. The first-order valence-electron chi connectivity index (χ1n) is 9.64. The number of carbonyl (C=O) groups is 1. The van der Waals surface area contributed by atoms with E-state index in [4.69, 9.17) is 14.2 Å². The number of carbonyl (C=O) groups excluding carboxylic acids is 1. The highest BCUT2D eigenvalue weighted by atomic mass is 32.2. The lowest BCUT2D eigenvalue weighted by atomic mass is 10.2. The molecule has 10 heteroatoms. The number of hydrogen-bond donors (Lipinski definition) is 2. The van der Waals surface area contributed by atoms with E-state index in [-0.39, 0.29) is 29.5 Å². The standard InChI is InChI=1S/C19H31N3O6S/c1-14(2)28-18-6-5-16(29(24,25)22-7-9-27-10-8-22)11-17(18)20-12-19(23)21-15(3)13-26-4/h5-6,11,14-15,20H,7-10,12-13H2,1-4H3,(H,21,23). The number of anilines is 1. The molecule has 1 aromatic rings. The van der Waals surface area contributed by atoms with Crippen LogP contribution in [0.25, 0.3) is 0 Å². The maximum Gasteiger partial charge on any atom is 0.243 e. The monoisotopic (exact) mass is 429 g/mol. The van der Waals surface area contributed by atoms with Gasteiger partial charge < -0.3 is 24.8 Å². The molecule has 1 aromatic carbocycles. The third-order valence-electron chi connectivity index (χ3n) is 4.18. The summed E-state index contributed by atoms with van der Waals surface area (Å²) in [7, 11) is -2.09. The van der Waals surface area contributed by atoms with Crippen molar-refractivity contribution in [3.05, 3.63) is 18.2 Å². The largest absolute Gasteiger partial charge is 0.489 e. The van der Waals surface area contributed by atoms with E-state index in [1.807, 2.05) is 20.8 Å². The zero-order valence-corrected chi connectivity index (χ0v) is 18.3. The summed E-state index contributed by atoms with van der Waals surface area (Å²) in [5, 5.41) is 5.80. The summed E-state index contributed by atoms with van der Waals surface area (Å²) in [5.74, 6) is 0.255. The first-order chi connectivity index (χ1) is 13.7. The average Bonchev–Trinajstić information content (AvgIpc) is 2.67. The summed E-state index contributed by atoms with van der Waals surface area (Å²) < 4.78 is 43.3. The molecule has 2 N–H and O–H groups in total. The van der Waals surface area contributed by atoms with Gasteiger partial charge in [-0.2, -0.15) is 4.31 Å². The third kappa shape index (κ3) is 6.84. The Bertz CT molecular complexity index is 778. The molecule has 1 atom stereocenters. The van der Waals surface area contributed by atoms with Crippen LogP contribution in [0.15, 0.2) is 23.1 Å². The van der Waals surface area contributed by atoms with Crippen LogP contribution in [0.4, 0.5) is 5.69 Å². The van der Waals surface area contributed by atoms with E-state index in [9.17, 15) is 13.2 Å². The van der Waals surface area contributed by atoms with Gasteiger partial charge in [-0.15, -0.1) is 0 Å². The lowest BCUT2D eigenvalue weighted by molar-refractivity contribution is -0.120. The molecular formula is C19H31N3O6S. The van der Waals surface area contributed by atoms with Gasteiger partial charge in [0.05, 0.1) is 43.1 Å². The fourth-order valence-corrected chi connectivity index (χ4v) is 4.33. The van der Waals surface area contributed by atoms with Crippen molar-refractivity contribution in [3.8, 4) is 5.75 Å². The molecule has 0 aliphatic carbocycles. The van der Waals surface area contributed by atoms with Gasteiger partial charge in [-0.1, -0.05) is 0 Å². The smallest absolute Gasteiger partial charge is 0.243 e. The fourth-order valence-electron chi connectivity index (χ4n) is 2.89. The number of amides is 1. The van der Waals surface area contributed by atoms with Gasteiger partial charge in [-0.25, -0.2) is 8.42 Å². The van der Waals surface area contributed by atoms with Crippen molar-refractivity contribution >= 4 is 21.6 Å². The van der Waals surface area contributed by atoms with Crippen molar-refractivity contribution in [1.82, 2.24) is 9.62 Å². The molecule has 2 rings (SSSR count). The number of morpholine rings is 1. The van der Waals surface area contributed by atoms with E-state index in [2.05, 4.69) is 10.6 Å². The highest BCUT2D eigenvalue weighted by molar-refractivity contribution is 7.89. The van der Waals surface area contributed by atoms with Crippen LogP contribution in [0.1, 0.15) is 20.8 Å². The van der Waals surface area contributed by atoms with Crippen LogP contribution in [-0.2, 0) is 24.3 Å². The SMILES string of the molecule is COCC(C)NC(=O)CNc1cc(S(=O)(=O)N2CCOCC2)ccc1OC(C)C. The van der Waals surface area contributed by atoms with Crippen molar-refractivity contribution < 1.29 is 27.4 Å². The van der Waals surface area contributed by atoms with Crippen molar-refractivity contribution in [1.29, 1.82) is 0 Å². The maximum atomic E-state index is 12.9. The lowest BCUT2D eigenvalue weighted by Crippen LogP contribution is -2.40. The van der Waals surface area contributed by atoms with Gasteiger partial charge >= 0.3 is 0 Å². The fraction of sp³-hybridized carbons (Fsp3) is 0.632. The van der Waals surface area contributed by atoms with Crippen molar-refractivity contribution in [2.75, 3.05) is 51.9 Å². The molecule has 1 fully saturated rings. The van der Waals surface area contributed by atoms with Crippen LogP contribution in [0.3, 0.4) is 0 Å². The molecule has 0 aromatic heterocycles. The molecule has 1 saturated heterocycles. The third-order valence-corrected chi connectivity index (χ3v) is 6.08. The number of hydrogen-bond acceptors (Lipinski definition) is 7. The normalized spacial score (nSPS) is 16.4. The van der Waals surface area contributed by atoms with E-state index in [0.717, 1.165) is 0 Å². The van der Waals surface area contributed by atoms with Gasteiger partial charge in [-0.3, -0.25) is 4.79 Å².